The fraction of sp³-hybridized carbons (Fsp3) is 0.467. The fourth-order valence-electron chi connectivity index (χ4n) is 1.81. The van der Waals surface area contributed by atoms with Crippen molar-refractivity contribution in [1.29, 1.82) is 0 Å². The van der Waals surface area contributed by atoms with Gasteiger partial charge >= 0.3 is 0 Å². The van der Waals surface area contributed by atoms with Crippen LogP contribution in [-0.2, 0) is 4.79 Å². The quantitative estimate of drug-likeness (QED) is 0.926. The molecule has 0 atom stereocenters. The summed E-state index contributed by atoms with van der Waals surface area (Å²) in [6, 6.07) is 7.49. The van der Waals surface area contributed by atoms with Crippen molar-refractivity contribution in [2.24, 2.45) is 4.99 Å². The number of thioether (sulfide) groups is 1. The van der Waals surface area contributed by atoms with E-state index in [1.165, 1.54) is 0 Å². The highest BCUT2D eigenvalue weighted by Crippen LogP contribution is 2.28. The zero-order chi connectivity index (χ0) is 14.6. The maximum absolute atomic E-state index is 12.0. The molecule has 1 aliphatic rings. The van der Waals surface area contributed by atoms with Crippen LogP contribution in [0.4, 0.5) is 5.69 Å². The average molecular weight is 292 g/mol. The molecule has 1 aromatic rings. The van der Waals surface area contributed by atoms with Gasteiger partial charge < -0.3 is 10.1 Å². The number of rotatable bonds is 4. The van der Waals surface area contributed by atoms with Crippen molar-refractivity contribution in [1.82, 2.24) is 0 Å². The molecule has 4 nitrogen and oxygen atoms in total. The minimum absolute atomic E-state index is 0.0527. The summed E-state index contributed by atoms with van der Waals surface area (Å²) in [5.41, 5.74) is 0.405. The van der Waals surface area contributed by atoms with Gasteiger partial charge in [-0.3, -0.25) is 9.79 Å². The number of ether oxygens (including phenoxy) is 1. The lowest BCUT2D eigenvalue weighted by Crippen LogP contribution is -2.24. The zero-order valence-electron chi connectivity index (χ0n) is 12.1. The van der Waals surface area contributed by atoms with Crippen molar-refractivity contribution < 1.29 is 9.53 Å². The molecule has 0 unspecified atom stereocenters. The highest BCUT2D eigenvalue weighted by Gasteiger charge is 2.17. The van der Waals surface area contributed by atoms with E-state index in [4.69, 9.17) is 4.74 Å². The normalized spacial score (nSPS) is 14.8. The van der Waals surface area contributed by atoms with Crippen molar-refractivity contribution >= 4 is 28.4 Å². The number of benzene rings is 1. The van der Waals surface area contributed by atoms with Crippen LogP contribution in [0.25, 0.3) is 0 Å². The van der Waals surface area contributed by atoms with Gasteiger partial charge in [0.25, 0.3) is 0 Å². The van der Waals surface area contributed by atoms with Gasteiger partial charge in [-0.25, -0.2) is 0 Å². The molecule has 0 spiro atoms. The Morgan fingerprint density at radius 3 is 2.80 bits per heavy atom. The topological polar surface area (TPSA) is 50.7 Å². The Morgan fingerprint density at radius 1 is 1.40 bits per heavy atom. The molecule has 0 aliphatic carbocycles. The van der Waals surface area contributed by atoms with E-state index in [1.54, 1.807) is 11.8 Å². The highest BCUT2D eigenvalue weighted by atomic mass is 32.2. The van der Waals surface area contributed by atoms with Gasteiger partial charge in [-0.15, -0.1) is 11.8 Å². The van der Waals surface area contributed by atoms with Crippen LogP contribution < -0.4 is 10.1 Å². The molecule has 1 amide bonds. The molecule has 1 aliphatic heterocycles. The van der Waals surface area contributed by atoms with Crippen molar-refractivity contribution in [3.8, 4) is 5.75 Å². The standard InChI is InChI=1S/C15H20N2O2S/c1-15(2,3)19-12-7-5-4-6-11(12)17-13(18)10-14-16-8-9-20-14/h4-7H,8-10H2,1-3H3,(H,17,18). The van der Waals surface area contributed by atoms with E-state index in [0.29, 0.717) is 17.9 Å². The Labute approximate surface area is 124 Å². The van der Waals surface area contributed by atoms with Crippen LogP contribution >= 0.6 is 11.8 Å². The SMILES string of the molecule is CC(C)(C)Oc1ccccc1NC(=O)CC1=NCCS1. The number of para-hydroxylation sites is 2. The number of hydrogen-bond donors (Lipinski definition) is 1. The molecule has 2 rings (SSSR count). The van der Waals surface area contributed by atoms with Gasteiger partial charge in [0.2, 0.25) is 5.91 Å². The second-order valence-corrected chi connectivity index (χ2v) is 6.73. The fourth-order valence-corrected chi connectivity index (χ4v) is 2.64. The first-order valence-corrected chi connectivity index (χ1v) is 7.67. The molecule has 1 N–H and O–H groups in total. The predicted octanol–water partition coefficient (Wildman–Crippen LogP) is 3.34. The lowest BCUT2D eigenvalue weighted by molar-refractivity contribution is -0.115. The molecule has 0 bridgehead atoms. The van der Waals surface area contributed by atoms with E-state index in [2.05, 4.69) is 10.3 Å². The molecule has 108 valence electrons. The van der Waals surface area contributed by atoms with Crippen molar-refractivity contribution in [2.45, 2.75) is 32.8 Å². The molecule has 0 saturated heterocycles. The first-order valence-electron chi connectivity index (χ1n) is 6.68. The Balaban J connectivity index is 2.03. The van der Waals surface area contributed by atoms with Gasteiger partial charge in [0.05, 0.1) is 17.2 Å². The number of hydrogen-bond acceptors (Lipinski definition) is 4. The summed E-state index contributed by atoms with van der Waals surface area (Å²) in [4.78, 5) is 16.3. The number of aliphatic imine (C=N–C) groups is 1. The van der Waals surface area contributed by atoms with Crippen LogP contribution in [-0.4, -0.2) is 28.8 Å². The second kappa shape index (κ2) is 6.31. The van der Waals surface area contributed by atoms with E-state index >= 15 is 0 Å². The first kappa shape index (κ1) is 14.9. The van der Waals surface area contributed by atoms with Gasteiger partial charge in [0.15, 0.2) is 0 Å². The molecule has 5 heteroatoms. The Hall–Kier alpha value is -1.49. The van der Waals surface area contributed by atoms with Gasteiger partial charge in [-0.1, -0.05) is 12.1 Å². The molecule has 20 heavy (non-hydrogen) atoms. The van der Waals surface area contributed by atoms with Gasteiger partial charge in [-0.05, 0) is 32.9 Å². The number of nitrogens with one attached hydrogen (secondary N) is 1. The average Bonchev–Trinajstić information content (AvgIpc) is 2.82. The number of nitrogens with zero attached hydrogens (tertiary/aromatic N) is 1. The van der Waals surface area contributed by atoms with Crippen LogP contribution in [0.3, 0.4) is 0 Å². The zero-order valence-corrected chi connectivity index (χ0v) is 12.9. The molecular formula is C15H20N2O2S. The maximum atomic E-state index is 12.0. The lowest BCUT2D eigenvalue weighted by atomic mass is 10.2. The molecule has 1 heterocycles. The Bertz CT molecular complexity index is 521. The van der Waals surface area contributed by atoms with Gasteiger partial charge in [0.1, 0.15) is 11.4 Å². The third kappa shape index (κ3) is 4.56. The third-order valence-corrected chi connectivity index (χ3v) is 3.53. The Morgan fingerprint density at radius 2 is 2.15 bits per heavy atom. The van der Waals surface area contributed by atoms with E-state index in [-0.39, 0.29) is 11.5 Å². The highest BCUT2D eigenvalue weighted by molar-refractivity contribution is 8.14. The van der Waals surface area contributed by atoms with E-state index < -0.39 is 0 Å². The largest absolute Gasteiger partial charge is 0.486 e. The minimum Gasteiger partial charge on any atom is -0.486 e. The van der Waals surface area contributed by atoms with E-state index in [1.807, 2.05) is 45.0 Å². The summed E-state index contributed by atoms with van der Waals surface area (Å²) >= 11 is 1.65. The molecule has 0 fully saturated rings. The number of anilines is 1. The number of carbonyl (C=O) groups is 1. The van der Waals surface area contributed by atoms with E-state index in [0.717, 1.165) is 17.3 Å². The lowest BCUT2D eigenvalue weighted by Gasteiger charge is -2.23. The second-order valence-electron chi connectivity index (χ2n) is 5.56. The van der Waals surface area contributed by atoms with E-state index in [9.17, 15) is 4.79 Å². The summed E-state index contributed by atoms with van der Waals surface area (Å²) in [5, 5.41) is 3.82. The molecule has 0 radical (unpaired) electrons. The van der Waals surface area contributed by atoms with Crippen LogP contribution in [0.15, 0.2) is 29.3 Å². The molecular weight excluding hydrogens is 272 g/mol. The van der Waals surface area contributed by atoms with Crippen molar-refractivity contribution in [3.63, 3.8) is 0 Å². The Kier molecular flexibility index (Phi) is 4.70. The number of amides is 1. The minimum atomic E-state index is -0.299. The van der Waals surface area contributed by atoms with Gasteiger partial charge in [-0.2, -0.15) is 0 Å². The van der Waals surface area contributed by atoms with Crippen LogP contribution in [0.2, 0.25) is 0 Å². The van der Waals surface area contributed by atoms with Crippen LogP contribution in [0, 0.1) is 0 Å². The van der Waals surface area contributed by atoms with Gasteiger partial charge in [0, 0.05) is 12.3 Å². The van der Waals surface area contributed by atoms with Crippen molar-refractivity contribution in [2.75, 3.05) is 17.6 Å². The summed E-state index contributed by atoms with van der Waals surface area (Å²) in [7, 11) is 0. The molecule has 1 aromatic carbocycles. The van der Waals surface area contributed by atoms with Crippen LogP contribution in [0.5, 0.6) is 5.75 Å². The maximum Gasteiger partial charge on any atom is 0.231 e. The molecule has 0 aromatic heterocycles. The summed E-state index contributed by atoms with van der Waals surface area (Å²) < 4.78 is 5.85. The summed E-state index contributed by atoms with van der Waals surface area (Å²) in [6.45, 7) is 6.76. The first-order chi connectivity index (χ1) is 9.44. The predicted molar refractivity (Wildman–Crippen MR) is 84.8 cm³/mol. The smallest absolute Gasteiger partial charge is 0.231 e. The molecule has 0 saturated carbocycles. The summed E-state index contributed by atoms with van der Waals surface area (Å²) in [5.74, 6) is 1.62. The van der Waals surface area contributed by atoms with Crippen LogP contribution in [0.1, 0.15) is 27.2 Å². The third-order valence-electron chi connectivity index (χ3n) is 2.54. The monoisotopic (exact) mass is 292 g/mol. The summed E-state index contributed by atoms with van der Waals surface area (Å²) in [6.07, 6.45) is 0.342. The van der Waals surface area contributed by atoms with Crippen molar-refractivity contribution in [3.05, 3.63) is 24.3 Å². The number of carbonyl (C=O) groups excluding carboxylic acids is 1.